The zero-order chi connectivity index (χ0) is 24.7. The predicted octanol–water partition coefficient (Wildman–Crippen LogP) is 6.47. The summed E-state index contributed by atoms with van der Waals surface area (Å²) in [5.41, 5.74) is 9.06. The van der Waals surface area contributed by atoms with E-state index >= 15 is 0 Å². The minimum Gasteiger partial charge on any atom is -0.462 e. The molecule has 0 aliphatic rings. The molecule has 3 heterocycles. The van der Waals surface area contributed by atoms with E-state index in [1.165, 1.54) is 34.8 Å². The molecule has 0 unspecified atom stereocenters. The van der Waals surface area contributed by atoms with Gasteiger partial charge in [0.1, 0.15) is 21.4 Å². The number of halogens is 2. The first-order chi connectivity index (χ1) is 16.7. The smallest absolute Gasteiger partial charge is 0.238 e. The van der Waals surface area contributed by atoms with Gasteiger partial charge in [0, 0.05) is 32.2 Å². The Morgan fingerprint density at radius 1 is 1.03 bits per heavy atom. The second-order valence-corrected chi connectivity index (χ2v) is 11.6. The highest BCUT2D eigenvalue weighted by molar-refractivity contribution is 7.89. The summed E-state index contributed by atoms with van der Waals surface area (Å²) in [5.74, 6) is 0.914. The van der Waals surface area contributed by atoms with E-state index in [1.54, 1.807) is 30.5 Å². The average molecular weight is 565 g/mol. The van der Waals surface area contributed by atoms with Gasteiger partial charge in [-0.1, -0.05) is 40.6 Å². The third-order valence-electron chi connectivity index (χ3n) is 4.88. The van der Waals surface area contributed by atoms with Crippen LogP contribution in [0.3, 0.4) is 0 Å². The molecule has 0 saturated heterocycles. The van der Waals surface area contributed by atoms with Crippen molar-refractivity contribution in [2.45, 2.75) is 4.90 Å². The Hall–Kier alpha value is -2.93. The number of primary sulfonamides is 1. The summed E-state index contributed by atoms with van der Waals surface area (Å²) in [6, 6.07) is 13.2. The van der Waals surface area contributed by atoms with Gasteiger partial charge < -0.3 is 15.5 Å². The molecule has 0 radical (unpaired) electrons. The molecular weight excluding hydrogens is 549 g/mol. The molecule has 0 aliphatic carbocycles. The van der Waals surface area contributed by atoms with Gasteiger partial charge in [0.25, 0.3) is 0 Å². The predicted molar refractivity (Wildman–Crippen MR) is 142 cm³/mol. The van der Waals surface area contributed by atoms with Gasteiger partial charge in [-0.3, -0.25) is 0 Å². The lowest BCUT2D eigenvalue weighted by molar-refractivity contribution is 0.581. The summed E-state index contributed by atoms with van der Waals surface area (Å²) in [5, 5.41) is 12.4. The quantitative estimate of drug-likeness (QED) is 0.215. The van der Waals surface area contributed by atoms with Gasteiger partial charge in [0.05, 0.1) is 11.2 Å². The van der Waals surface area contributed by atoms with Crippen LogP contribution in [0.2, 0.25) is 10.0 Å². The molecule has 8 nitrogen and oxygen atoms in total. The number of nitrogens with two attached hydrogens (primary N) is 2. The van der Waals surface area contributed by atoms with Crippen LogP contribution < -0.4 is 16.2 Å². The highest BCUT2D eigenvalue weighted by Crippen LogP contribution is 2.40. The van der Waals surface area contributed by atoms with Gasteiger partial charge in [-0.15, -0.1) is 11.3 Å². The monoisotopic (exact) mass is 563 g/mol. The maximum Gasteiger partial charge on any atom is 0.238 e. The molecule has 178 valence electrons. The van der Waals surface area contributed by atoms with Crippen molar-refractivity contribution in [3.05, 3.63) is 70.2 Å². The van der Waals surface area contributed by atoms with Crippen molar-refractivity contribution in [1.29, 1.82) is 0 Å². The van der Waals surface area contributed by atoms with Crippen LogP contribution >= 0.6 is 45.9 Å². The number of rotatable bonds is 6. The zero-order valence-electron chi connectivity index (χ0n) is 17.5. The number of nitrogens with zero attached hydrogens (tertiary/aromatic N) is 2. The second kappa shape index (κ2) is 9.26. The average Bonchev–Trinajstić information content (AvgIpc) is 3.53. The number of nitrogens with one attached hydrogen (secondary N) is 1. The number of anilines is 3. The third-order valence-corrected chi connectivity index (χ3v) is 8.34. The first-order valence-electron chi connectivity index (χ1n) is 9.84. The van der Waals surface area contributed by atoms with E-state index in [2.05, 4.69) is 15.3 Å². The van der Waals surface area contributed by atoms with Crippen molar-refractivity contribution in [3.63, 3.8) is 0 Å². The molecule has 0 bridgehead atoms. The van der Waals surface area contributed by atoms with Crippen LogP contribution in [-0.2, 0) is 10.0 Å². The summed E-state index contributed by atoms with van der Waals surface area (Å²) < 4.78 is 28.6. The van der Waals surface area contributed by atoms with E-state index in [0.29, 0.717) is 48.0 Å². The van der Waals surface area contributed by atoms with Crippen LogP contribution in [0.15, 0.2) is 69.5 Å². The Bertz CT molecular complexity index is 1640. The van der Waals surface area contributed by atoms with Crippen molar-refractivity contribution in [3.8, 4) is 32.5 Å². The second-order valence-electron chi connectivity index (χ2n) is 7.29. The molecule has 5 N–H and O–H groups in total. The number of hydrogen-bond donors (Lipinski definition) is 3. The summed E-state index contributed by atoms with van der Waals surface area (Å²) in [7, 11) is -3.76. The fourth-order valence-corrected chi connectivity index (χ4v) is 6.06. The first kappa shape index (κ1) is 23.8. The van der Waals surface area contributed by atoms with Gasteiger partial charge in [-0.25, -0.2) is 23.5 Å². The highest BCUT2D eigenvalue weighted by atomic mass is 35.5. The number of hydrogen-bond acceptors (Lipinski definition) is 9. The standard InChI is InChI=1S/C22H15Cl2N5O3S3/c23-12-1-6-15(16(24)8-12)11-7-18(32-9-11)17-10-33-21(28-17)19-20(25)29-22(34-19)27-13-2-4-14(5-3-13)35(26,30)31/h1-10H,25H2,(H,27,29)(H2,26,30,31). The Labute approximate surface area is 218 Å². The summed E-state index contributed by atoms with van der Waals surface area (Å²) in [4.78, 5) is 9.75. The summed E-state index contributed by atoms with van der Waals surface area (Å²) >= 11 is 15.0. The van der Waals surface area contributed by atoms with Crippen molar-refractivity contribution < 1.29 is 12.8 Å². The number of thiazole rings is 2. The fraction of sp³-hybridized carbons (Fsp3) is 0. The van der Waals surface area contributed by atoms with Crippen LogP contribution in [0.4, 0.5) is 16.6 Å². The van der Waals surface area contributed by atoms with E-state index in [9.17, 15) is 8.42 Å². The molecule has 3 aromatic heterocycles. The van der Waals surface area contributed by atoms with Crippen LogP contribution in [0.5, 0.6) is 0 Å². The van der Waals surface area contributed by atoms with E-state index in [-0.39, 0.29) is 4.90 Å². The molecule has 35 heavy (non-hydrogen) atoms. The van der Waals surface area contributed by atoms with Crippen LogP contribution in [0, 0.1) is 0 Å². The topological polar surface area (TPSA) is 137 Å². The Balaban J connectivity index is 1.36. The summed E-state index contributed by atoms with van der Waals surface area (Å²) in [6.45, 7) is 0. The number of nitrogen functional groups attached to an aromatic ring is 1. The lowest BCUT2D eigenvalue weighted by atomic mass is 10.1. The SMILES string of the molecule is Nc1nc(Nc2ccc(S(N)(=O)=O)cc2)sc1-c1nc(-c2cc(-c3ccc(Cl)cc3Cl)co2)cs1. The normalized spacial score (nSPS) is 11.6. The zero-order valence-corrected chi connectivity index (χ0v) is 21.5. The van der Waals surface area contributed by atoms with Crippen molar-refractivity contribution in [1.82, 2.24) is 9.97 Å². The van der Waals surface area contributed by atoms with Crippen LogP contribution in [0.25, 0.3) is 32.5 Å². The molecule has 13 heteroatoms. The van der Waals surface area contributed by atoms with E-state index in [1.807, 2.05) is 17.5 Å². The molecule has 0 spiro atoms. The van der Waals surface area contributed by atoms with Gasteiger partial charge >= 0.3 is 0 Å². The number of benzene rings is 2. The van der Waals surface area contributed by atoms with Crippen molar-refractivity contribution in [2.24, 2.45) is 5.14 Å². The molecular formula is C22H15Cl2N5O3S3. The molecule has 0 amide bonds. The maximum atomic E-state index is 11.4. The number of aromatic nitrogens is 2. The largest absolute Gasteiger partial charge is 0.462 e. The van der Waals surface area contributed by atoms with Crippen LogP contribution in [0.1, 0.15) is 0 Å². The lowest BCUT2D eigenvalue weighted by Crippen LogP contribution is -2.11. The van der Waals surface area contributed by atoms with E-state index in [0.717, 1.165) is 11.1 Å². The van der Waals surface area contributed by atoms with Gasteiger partial charge in [-0.2, -0.15) is 0 Å². The summed E-state index contributed by atoms with van der Waals surface area (Å²) in [6.07, 6.45) is 1.62. The number of furan rings is 1. The number of sulfonamides is 1. The van der Waals surface area contributed by atoms with Crippen molar-refractivity contribution in [2.75, 3.05) is 11.1 Å². The molecule has 5 aromatic rings. The molecule has 0 atom stereocenters. The fourth-order valence-electron chi connectivity index (χ4n) is 3.22. The molecule has 0 fully saturated rings. The minimum atomic E-state index is -3.76. The first-order valence-corrected chi connectivity index (χ1v) is 13.8. The van der Waals surface area contributed by atoms with E-state index < -0.39 is 10.0 Å². The molecule has 2 aromatic carbocycles. The maximum absolute atomic E-state index is 11.4. The Morgan fingerprint density at radius 2 is 1.80 bits per heavy atom. The lowest BCUT2D eigenvalue weighted by Gasteiger charge is -2.03. The third kappa shape index (κ3) is 5.06. The van der Waals surface area contributed by atoms with Crippen molar-refractivity contribution >= 4 is 72.5 Å². The van der Waals surface area contributed by atoms with E-state index in [4.69, 9.17) is 38.5 Å². The van der Waals surface area contributed by atoms with Gasteiger partial charge in [-0.05, 0) is 42.5 Å². The van der Waals surface area contributed by atoms with Gasteiger partial charge in [0.2, 0.25) is 10.0 Å². The molecule has 0 aliphatic heterocycles. The minimum absolute atomic E-state index is 0.0251. The molecule has 5 rings (SSSR count). The highest BCUT2D eigenvalue weighted by Gasteiger charge is 2.18. The Morgan fingerprint density at radius 3 is 2.51 bits per heavy atom. The van der Waals surface area contributed by atoms with Gasteiger partial charge in [0.15, 0.2) is 10.9 Å². The van der Waals surface area contributed by atoms with Crippen LogP contribution in [-0.4, -0.2) is 18.4 Å². The Kier molecular flexibility index (Phi) is 6.30. The molecule has 0 saturated carbocycles.